The van der Waals surface area contributed by atoms with E-state index in [0.717, 1.165) is 6.07 Å². The molecule has 0 aliphatic carbocycles. The second-order valence-corrected chi connectivity index (χ2v) is 8.82. The highest BCUT2D eigenvalue weighted by molar-refractivity contribution is 6.31. The number of halogens is 6. The Morgan fingerprint density at radius 2 is 1.85 bits per heavy atom. The predicted octanol–water partition coefficient (Wildman–Crippen LogP) is 4.56. The van der Waals surface area contributed by atoms with Crippen LogP contribution in [0.5, 0.6) is 0 Å². The Morgan fingerprint density at radius 1 is 1.18 bits per heavy atom. The fourth-order valence-corrected chi connectivity index (χ4v) is 4.26. The first-order chi connectivity index (χ1) is 15.5. The van der Waals surface area contributed by atoms with Crippen molar-refractivity contribution in [3.63, 3.8) is 0 Å². The van der Waals surface area contributed by atoms with Crippen LogP contribution in [0.15, 0.2) is 36.4 Å². The quantitative estimate of drug-likeness (QED) is 0.437. The fourth-order valence-electron chi connectivity index (χ4n) is 4.00. The molecule has 1 saturated heterocycles. The molecule has 0 spiro atoms. The summed E-state index contributed by atoms with van der Waals surface area (Å²) < 4.78 is 68.2. The van der Waals surface area contributed by atoms with Gasteiger partial charge in [0.15, 0.2) is 11.6 Å². The van der Waals surface area contributed by atoms with Gasteiger partial charge in [-0.3, -0.25) is 9.69 Å². The third-order valence-electron chi connectivity index (χ3n) is 5.78. The van der Waals surface area contributed by atoms with Crippen LogP contribution in [0, 0.1) is 17.5 Å². The van der Waals surface area contributed by atoms with Gasteiger partial charge in [0.25, 0.3) is 5.92 Å². The minimum absolute atomic E-state index is 0.0882. The number of likely N-dealkylation sites (N-methyl/N-ethyl adjacent to an activating group) is 1. The first kappa shape index (κ1) is 25.4. The van der Waals surface area contributed by atoms with Crippen molar-refractivity contribution >= 4 is 17.5 Å². The molecule has 1 aliphatic heterocycles. The van der Waals surface area contributed by atoms with Crippen LogP contribution in [-0.4, -0.2) is 54.4 Å². The van der Waals surface area contributed by atoms with Crippen molar-refractivity contribution in [3.05, 3.63) is 70.0 Å². The smallest absolute Gasteiger partial charge is 0.261 e. The molecule has 2 atom stereocenters. The number of carbonyl (C=O) groups is 1. The highest BCUT2D eigenvalue weighted by Crippen LogP contribution is 2.36. The predicted molar refractivity (Wildman–Crippen MR) is 116 cm³/mol. The average molecular weight is 490 g/mol. The summed E-state index contributed by atoms with van der Waals surface area (Å²) in [6.07, 6.45) is -0.647. The summed E-state index contributed by atoms with van der Waals surface area (Å²) in [6.45, 7) is -0.204. The summed E-state index contributed by atoms with van der Waals surface area (Å²) >= 11 is 6.31. The van der Waals surface area contributed by atoms with E-state index in [9.17, 15) is 26.7 Å². The maximum atomic E-state index is 13.9. The highest BCUT2D eigenvalue weighted by atomic mass is 35.5. The number of hydrogen-bond donors (Lipinski definition) is 1. The Morgan fingerprint density at radius 3 is 2.48 bits per heavy atom. The van der Waals surface area contributed by atoms with Crippen LogP contribution < -0.4 is 5.73 Å². The summed E-state index contributed by atoms with van der Waals surface area (Å²) in [5.41, 5.74) is 6.46. The molecule has 3 rings (SSSR count). The van der Waals surface area contributed by atoms with E-state index in [1.54, 1.807) is 29.2 Å². The minimum Gasteiger partial charge on any atom is -0.344 e. The number of hydrogen-bond acceptors (Lipinski definition) is 3. The number of alkyl halides is 2. The molecule has 1 unspecified atom stereocenters. The zero-order valence-electron chi connectivity index (χ0n) is 18.0. The van der Waals surface area contributed by atoms with Crippen LogP contribution in [0.4, 0.5) is 22.0 Å². The summed E-state index contributed by atoms with van der Waals surface area (Å²) in [5.74, 6) is -6.67. The minimum atomic E-state index is -2.82. The van der Waals surface area contributed by atoms with Crippen LogP contribution in [0.1, 0.15) is 30.0 Å². The van der Waals surface area contributed by atoms with Crippen molar-refractivity contribution in [2.24, 2.45) is 5.73 Å². The van der Waals surface area contributed by atoms with Gasteiger partial charge in [-0.15, -0.1) is 0 Å². The van der Waals surface area contributed by atoms with Crippen LogP contribution >= 0.6 is 11.6 Å². The van der Waals surface area contributed by atoms with Crippen molar-refractivity contribution in [2.45, 2.75) is 37.3 Å². The molecule has 2 N–H and O–H groups in total. The second kappa shape index (κ2) is 10.4. The van der Waals surface area contributed by atoms with Gasteiger partial charge in [0.2, 0.25) is 5.91 Å². The summed E-state index contributed by atoms with van der Waals surface area (Å²) in [7, 11) is 1.52. The average Bonchev–Trinajstić information content (AvgIpc) is 3.10. The van der Waals surface area contributed by atoms with Crippen LogP contribution in [0.25, 0.3) is 0 Å². The Kier molecular flexibility index (Phi) is 7.97. The van der Waals surface area contributed by atoms with Gasteiger partial charge in [0.1, 0.15) is 5.82 Å². The normalized spacial score (nSPS) is 17.7. The molecule has 33 heavy (non-hydrogen) atoms. The van der Waals surface area contributed by atoms with E-state index in [4.69, 9.17) is 17.3 Å². The van der Waals surface area contributed by atoms with Crippen LogP contribution in [-0.2, 0) is 11.2 Å². The SMILES string of the molecule is CN(C[C@H](c1ccccc1Cl)N1CCC(F)(F)C1)C(=O)CC(N)Cc1cc(F)c(F)cc1F. The summed E-state index contributed by atoms with van der Waals surface area (Å²) in [5, 5.41) is 0.407. The van der Waals surface area contributed by atoms with Gasteiger partial charge in [-0.2, -0.15) is 0 Å². The largest absolute Gasteiger partial charge is 0.344 e. The lowest BCUT2D eigenvalue weighted by Gasteiger charge is -2.32. The number of rotatable bonds is 8. The van der Waals surface area contributed by atoms with Crippen molar-refractivity contribution in [1.29, 1.82) is 0 Å². The van der Waals surface area contributed by atoms with Crippen LogP contribution in [0.2, 0.25) is 5.02 Å². The Hall–Kier alpha value is -2.23. The molecular weight excluding hydrogens is 465 g/mol. The lowest BCUT2D eigenvalue weighted by atomic mass is 10.0. The van der Waals surface area contributed by atoms with E-state index in [0.29, 0.717) is 16.7 Å². The van der Waals surface area contributed by atoms with Gasteiger partial charge in [-0.25, -0.2) is 22.0 Å². The van der Waals surface area contributed by atoms with Gasteiger partial charge in [0.05, 0.1) is 12.6 Å². The first-order valence-corrected chi connectivity index (χ1v) is 10.8. The van der Waals surface area contributed by atoms with Gasteiger partial charge in [-0.1, -0.05) is 29.8 Å². The molecule has 180 valence electrons. The van der Waals surface area contributed by atoms with E-state index < -0.39 is 47.9 Å². The Balaban J connectivity index is 1.69. The van der Waals surface area contributed by atoms with E-state index in [2.05, 4.69) is 0 Å². The summed E-state index contributed by atoms with van der Waals surface area (Å²) in [6, 6.07) is 6.62. The third-order valence-corrected chi connectivity index (χ3v) is 6.13. The number of nitrogens with zero attached hydrogens (tertiary/aromatic N) is 2. The monoisotopic (exact) mass is 489 g/mol. The maximum absolute atomic E-state index is 13.9. The lowest BCUT2D eigenvalue weighted by molar-refractivity contribution is -0.131. The first-order valence-electron chi connectivity index (χ1n) is 10.5. The maximum Gasteiger partial charge on any atom is 0.261 e. The van der Waals surface area contributed by atoms with Crippen molar-refractivity contribution in [2.75, 3.05) is 26.7 Å². The van der Waals surface area contributed by atoms with E-state index in [1.165, 1.54) is 11.9 Å². The number of likely N-dealkylation sites (tertiary alicyclic amines) is 1. The van der Waals surface area contributed by atoms with Crippen molar-refractivity contribution < 1.29 is 26.7 Å². The lowest BCUT2D eigenvalue weighted by Crippen LogP contribution is -2.41. The van der Waals surface area contributed by atoms with Gasteiger partial charge >= 0.3 is 0 Å². The van der Waals surface area contributed by atoms with E-state index in [-0.39, 0.29) is 37.9 Å². The molecule has 2 aromatic carbocycles. The zero-order valence-corrected chi connectivity index (χ0v) is 18.8. The molecule has 2 aromatic rings. The van der Waals surface area contributed by atoms with E-state index >= 15 is 0 Å². The number of amides is 1. The highest BCUT2D eigenvalue weighted by Gasteiger charge is 2.42. The summed E-state index contributed by atoms with van der Waals surface area (Å²) in [4.78, 5) is 15.7. The molecule has 0 radical (unpaired) electrons. The molecule has 0 bridgehead atoms. The standard InChI is InChI=1S/C23H25ClF5N3O/c1-31(22(33)10-15(30)8-14-9-19(26)20(27)11-18(14)25)12-21(16-4-2-3-5-17(16)24)32-7-6-23(28,29)13-32/h2-5,9,11,15,21H,6-8,10,12-13,30H2,1H3/t15?,21-/m1/s1. The molecule has 1 amide bonds. The number of carbonyl (C=O) groups excluding carboxylic acids is 1. The molecule has 1 heterocycles. The van der Waals surface area contributed by atoms with Gasteiger partial charge in [-0.05, 0) is 29.7 Å². The Bertz CT molecular complexity index is 1010. The molecule has 10 heteroatoms. The molecule has 1 aliphatic rings. The number of benzene rings is 2. The van der Waals surface area contributed by atoms with Crippen LogP contribution in [0.3, 0.4) is 0 Å². The molecule has 4 nitrogen and oxygen atoms in total. The third kappa shape index (κ3) is 6.43. The molecular formula is C23H25ClF5N3O. The topological polar surface area (TPSA) is 49.6 Å². The van der Waals surface area contributed by atoms with Crippen molar-refractivity contribution in [1.82, 2.24) is 9.80 Å². The fraction of sp³-hybridized carbons (Fsp3) is 0.435. The van der Waals surface area contributed by atoms with Crippen molar-refractivity contribution in [3.8, 4) is 0 Å². The van der Waals surface area contributed by atoms with E-state index in [1.807, 2.05) is 0 Å². The molecule has 0 saturated carbocycles. The second-order valence-electron chi connectivity index (χ2n) is 8.41. The van der Waals surface area contributed by atoms with Gasteiger partial charge in [0, 0.05) is 50.1 Å². The number of nitrogens with two attached hydrogens (primary N) is 1. The Labute approximate surface area is 194 Å². The van der Waals surface area contributed by atoms with Gasteiger partial charge < -0.3 is 10.6 Å². The molecule has 0 aromatic heterocycles. The zero-order chi connectivity index (χ0) is 24.3. The molecule has 1 fully saturated rings.